The minimum absolute atomic E-state index is 0.0480. The first-order chi connectivity index (χ1) is 15.7. The first kappa shape index (κ1) is 19.9. The molecule has 0 saturated carbocycles. The van der Waals surface area contributed by atoms with Crippen molar-refractivity contribution in [2.75, 3.05) is 0 Å². The van der Waals surface area contributed by atoms with Crippen molar-refractivity contribution in [1.82, 2.24) is 20.4 Å². The SMILES string of the molecule is CCC1CC(=O)NN=C1c1ccc2nc(-c3ccc(OCc4cncnc4)cc3)oc2c1. The van der Waals surface area contributed by atoms with Crippen LogP contribution < -0.4 is 10.2 Å². The van der Waals surface area contributed by atoms with Gasteiger partial charge in [-0.05, 0) is 42.8 Å². The Morgan fingerprint density at radius 2 is 1.88 bits per heavy atom. The lowest BCUT2D eigenvalue weighted by atomic mass is 9.90. The molecule has 2 aromatic heterocycles. The summed E-state index contributed by atoms with van der Waals surface area (Å²) in [5.41, 5.74) is 7.59. The summed E-state index contributed by atoms with van der Waals surface area (Å²) >= 11 is 0. The molecule has 0 saturated heterocycles. The third-order valence-corrected chi connectivity index (χ3v) is 5.42. The van der Waals surface area contributed by atoms with Crippen LogP contribution in [0.5, 0.6) is 5.75 Å². The molecule has 3 heterocycles. The van der Waals surface area contributed by atoms with E-state index in [4.69, 9.17) is 9.15 Å². The Hall–Kier alpha value is -4.07. The van der Waals surface area contributed by atoms with E-state index >= 15 is 0 Å². The van der Waals surface area contributed by atoms with Crippen molar-refractivity contribution in [1.29, 1.82) is 0 Å². The van der Waals surface area contributed by atoms with Crippen molar-refractivity contribution >= 4 is 22.7 Å². The third kappa shape index (κ3) is 4.07. The molecule has 8 nitrogen and oxygen atoms in total. The Bertz CT molecular complexity index is 1280. The second-order valence-corrected chi connectivity index (χ2v) is 7.60. The Morgan fingerprint density at radius 1 is 1.09 bits per heavy atom. The highest BCUT2D eigenvalue weighted by Crippen LogP contribution is 2.28. The standard InChI is InChI=1S/C24H21N5O3/c1-2-16-10-22(30)28-29-23(16)18-5-8-20-21(9-18)32-24(27-20)17-3-6-19(7-4-17)31-13-15-11-25-14-26-12-15/h3-9,11-12,14,16H,2,10,13H2,1H3,(H,28,30). The van der Waals surface area contributed by atoms with E-state index in [0.717, 1.165) is 40.1 Å². The lowest BCUT2D eigenvalue weighted by Gasteiger charge is -2.21. The molecule has 1 amide bonds. The highest BCUT2D eigenvalue weighted by atomic mass is 16.5. The fourth-order valence-electron chi connectivity index (χ4n) is 3.69. The largest absolute Gasteiger partial charge is 0.489 e. The average Bonchev–Trinajstić information content (AvgIpc) is 3.27. The lowest BCUT2D eigenvalue weighted by Crippen LogP contribution is -2.33. The zero-order chi connectivity index (χ0) is 21.9. The molecule has 32 heavy (non-hydrogen) atoms. The molecule has 0 aliphatic carbocycles. The van der Waals surface area contributed by atoms with Gasteiger partial charge in [0.2, 0.25) is 11.8 Å². The Kier molecular flexibility index (Phi) is 5.33. The maximum absolute atomic E-state index is 11.7. The van der Waals surface area contributed by atoms with E-state index in [0.29, 0.717) is 24.5 Å². The highest BCUT2D eigenvalue weighted by Gasteiger charge is 2.24. The number of oxazole rings is 1. The molecule has 0 fully saturated rings. The van der Waals surface area contributed by atoms with Crippen LogP contribution in [0.1, 0.15) is 30.9 Å². The van der Waals surface area contributed by atoms with Gasteiger partial charge in [-0.15, -0.1) is 0 Å². The number of nitrogens with one attached hydrogen (secondary N) is 1. The Morgan fingerprint density at radius 3 is 2.66 bits per heavy atom. The molecule has 1 aliphatic rings. The summed E-state index contributed by atoms with van der Waals surface area (Å²) in [6.07, 6.45) is 6.23. The molecule has 1 aliphatic heterocycles. The van der Waals surface area contributed by atoms with E-state index in [2.05, 4.69) is 32.4 Å². The van der Waals surface area contributed by atoms with Crippen LogP contribution in [-0.2, 0) is 11.4 Å². The van der Waals surface area contributed by atoms with E-state index in [1.54, 1.807) is 12.4 Å². The number of ether oxygens (including phenoxy) is 1. The third-order valence-electron chi connectivity index (χ3n) is 5.42. The first-order valence-corrected chi connectivity index (χ1v) is 10.4. The van der Waals surface area contributed by atoms with Gasteiger partial charge in [0, 0.05) is 41.4 Å². The smallest absolute Gasteiger partial charge is 0.240 e. The second-order valence-electron chi connectivity index (χ2n) is 7.60. The molecular formula is C24H21N5O3. The van der Waals surface area contributed by atoms with Gasteiger partial charge in [-0.2, -0.15) is 5.10 Å². The fourth-order valence-corrected chi connectivity index (χ4v) is 3.69. The van der Waals surface area contributed by atoms with Crippen LogP contribution in [0.2, 0.25) is 0 Å². The molecule has 0 bridgehead atoms. The maximum atomic E-state index is 11.7. The van der Waals surface area contributed by atoms with Crippen LogP contribution in [0.15, 0.2) is 70.7 Å². The highest BCUT2D eigenvalue weighted by molar-refractivity contribution is 6.07. The van der Waals surface area contributed by atoms with Crippen LogP contribution in [0.3, 0.4) is 0 Å². The van der Waals surface area contributed by atoms with Gasteiger partial charge in [0.15, 0.2) is 5.58 Å². The minimum Gasteiger partial charge on any atom is -0.489 e. The van der Waals surface area contributed by atoms with Gasteiger partial charge in [-0.3, -0.25) is 4.79 Å². The van der Waals surface area contributed by atoms with E-state index in [1.165, 1.54) is 6.33 Å². The summed E-state index contributed by atoms with van der Waals surface area (Å²) in [7, 11) is 0. The number of hydrogen-bond donors (Lipinski definition) is 1. The zero-order valence-electron chi connectivity index (χ0n) is 17.5. The number of amides is 1. The number of carbonyl (C=O) groups excluding carboxylic acids is 1. The predicted molar refractivity (Wildman–Crippen MR) is 119 cm³/mol. The fraction of sp³-hybridized carbons (Fsp3) is 0.208. The quantitative estimate of drug-likeness (QED) is 0.497. The summed E-state index contributed by atoms with van der Waals surface area (Å²) in [5, 5.41) is 4.29. The number of hydrogen-bond acceptors (Lipinski definition) is 7. The van der Waals surface area contributed by atoms with Crippen molar-refractivity contribution in [2.45, 2.75) is 26.4 Å². The number of rotatable bonds is 6. The van der Waals surface area contributed by atoms with Crippen LogP contribution in [0.25, 0.3) is 22.6 Å². The molecular weight excluding hydrogens is 406 g/mol. The van der Waals surface area contributed by atoms with Crippen molar-refractivity contribution in [3.05, 3.63) is 72.3 Å². The predicted octanol–water partition coefficient (Wildman–Crippen LogP) is 4.11. The maximum Gasteiger partial charge on any atom is 0.240 e. The van der Waals surface area contributed by atoms with Gasteiger partial charge in [0.25, 0.3) is 0 Å². The Labute approximate surface area is 184 Å². The average molecular weight is 427 g/mol. The number of hydrazone groups is 1. The van der Waals surface area contributed by atoms with Crippen LogP contribution >= 0.6 is 0 Å². The zero-order valence-corrected chi connectivity index (χ0v) is 17.5. The number of fused-ring (bicyclic) bond motifs is 1. The molecule has 0 spiro atoms. The minimum atomic E-state index is -0.0480. The number of nitrogens with zero attached hydrogens (tertiary/aromatic N) is 4. The summed E-state index contributed by atoms with van der Waals surface area (Å²) < 4.78 is 11.8. The van der Waals surface area contributed by atoms with Crippen LogP contribution in [0, 0.1) is 5.92 Å². The van der Waals surface area contributed by atoms with Crippen molar-refractivity contribution < 1.29 is 13.9 Å². The molecule has 160 valence electrons. The van der Waals surface area contributed by atoms with E-state index in [-0.39, 0.29) is 11.8 Å². The molecule has 4 aromatic rings. The first-order valence-electron chi connectivity index (χ1n) is 10.4. The van der Waals surface area contributed by atoms with Crippen LogP contribution in [0.4, 0.5) is 0 Å². The topological polar surface area (TPSA) is 102 Å². The van der Waals surface area contributed by atoms with Crippen LogP contribution in [-0.4, -0.2) is 26.6 Å². The number of aromatic nitrogens is 3. The molecule has 1 atom stereocenters. The molecule has 1 N–H and O–H groups in total. The molecule has 0 radical (unpaired) electrons. The molecule has 2 aromatic carbocycles. The van der Waals surface area contributed by atoms with E-state index in [1.807, 2.05) is 42.5 Å². The van der Waals surface area contributed by atoms with Gasteiger partial charge in [-0.25, -0.2) is 20.4 Å². The second kappa shape index (κ2) is 8.58. The van der Waals surface area contributed by atoms with Gasteiger partial charge in [0.05, 0.1) is 5.71 Å². The van der Waals surface area contributed by atoms with Crippen molar-refractivity contribution in [3.8, 4) is 17.2 Å². The Balaban J connectivity index is 1.35. The summed E-state index contributed by atoms with van der Waals surface area (Å²) in [5.74, 6) is 1.32. The number of benzene rings is 2. The van der Waals surface area contributed by atoms with E-state index < -0.39 is 0 Å². The van der Waals surface area contributed by atoms with Crippen molar-refractivity contribution in [2.24, 2.45) is 11.0 Å². The summed E-state index contributed by atoms with van der Waals surface area (Å²) in [6.45, 7) is 2.46. The summed E-state index contributed by atoms with van der Waals surface area (Å²) in [6, 6.07) is 13.4. The van der Waals surface area contributed by atoms with Gasteiger partial charge in [-0.1, -0.05) is 13.0 Å². The molecule has 5 rings (SSSR count). The van der Waals surface area contributed by atoms with E-state index in [9.17, 15) is 4.79 Å². The number of carbonyl (C=O) groups is 1. The lowest BCUT2D eigenvalue weighted by molar-refractivity contribution is -0.122. The summed E-state index contributed by atoms with van der Waals surface area (Å²) in [4.78, 5) is 24.2. The van der Waals surface area contributed by atoms with Gasteiger partial charge >= 0.3 is 0 Å². The van der Waals surface area contributed by atoms with Gasteiger partial charge < -0.3 is 9.15 Å². The molecule has 1 unspecified atom stereocenters. The molecule has 8 heteroatoms. The van der Waals surface area contributed by atoms with Crippen molar-refractivity contribution in [3.63, 3.8) is 0 Å². The monoisotopic (exact) mass is 427 g/mol. The van der Waals surface area contributed by atoms with Gasteiger partial charge in [0.1, 0.15) is 24.2 Å². The normalized spacial score (nSPS) is 16.0.